The van der Waals surface area contributed by atoms with Crippen LogP contribution in [0, 0.1) is 16.7 Å². The van der Waals surface area contributed by atoms with E-state index in [0.29, 0.717) is 5.41 Å². The zero-order valence-electron chi connectivity index (χ0n) is 12.9. The molecule has 0 radical (unpaired) electrons. The number of nitriles is 1. The number of likely N-dealkylation sites (tertiary alicyclic amines) is 1. The van der Waals surface area contributed by atoms with E-state index in [4.69, 9.17) is 10.00 Å². The van der Waals surface area contributed by atoms with E-state index in [9.17, 15) is 0 Å². The molecule has 2 fully saturated rings. The average molecular weight is 284 g/mol. The van der Waals surface area contributed by atoms with Gasteiger partial charge in [-0.2, -0.15) is 5.26 Å². The molecule has 1 aromatic carbocycles. The first-order valence-electron chi connectivity index (χ1n) is 8.04. The predicted molar refractivity (Wildman–Crippen MR) is 83.1 cm³/mol. The molecule has 0 bridgehead atoms. The van der Waals surface area contributed by atoms with E-state index in [1.165, 1.54) is 51.6 Å². The Balaban J connectivity index is 1.66. The van der Waals surface area contributed by atoms with Gasteiger partial charge < -0.3 is 4.74 Å². The fourth-order valence-corrected chi connectivity index (χ4v) is 4.02. The van der Waals surface area contributed by atoms with E-state index in [-0.39, 0.29) is 0 Å². The number of rotatable bonds is 3. The van der Waals surface area contributed by atoms with Gasteiger partial charge in [0.1, 0.15) is 5.75 Å². The molecule has 1 aliphatic carbocycles. The molecule has 1 saturated carbocycles. The number of piperidine rings is 1. The van der Waals surface area contributed by atoms with Crippen LogP contribution in [0.15, 0.2) is 18.2 Å². The Hall–Kier alpha value is -1.53. The molecule has 112 valence electrons. The first kappa shape index (κ1) is 14.4. The van der Waals surface area contributed by atoms with Gasteiger partial charge in [0.15, 0.2) is 0 Å². The summed E-state index contributed by atoms with van der Waals surface area (Å²) in [5.74, 6) is 0.898. The van der Waals surface area contributed by atoms with Gasteiger partial charge in [0.2, 0.25) is 0 Å². The van der Waals surface area contributed by atoms with Gasteiger partial charge in [0.05, 0.1) is 18.7 Å². The summed E-state index contributed by atoms with van der Waals surface area (Å²) < 4.78 is 5.44. The highest BCUT2D eigenvalue weighted by Gasteiger charge is 2.36. The minimum Gasteiger partial charge on any atom is -0.496 e. The molecule has 1 aliphatic heterocycles. The number of benzene rings is 1. The van der Waals surface area contributed by atoms with Crippen molar-refractivity contribution < 1.29 is 4.74 Å². The lowest BCUT2D eigenvalue weighted by Gasteiger charge is -2.39. The van der Waals surface area contributed by atoms with Crippen LogP contribution in [0.1, 0.15) is 49.7 Å². The summed E-state index contributed by atoms with van der Waals surface area (Å²) >= 11 is 0. The fraction of sp³-hybridized carbons (Fsp3) is 0.611. The summed E-state index contributed by atoms with van der Waals surface area (Å²) in [5, 5.41) is 9.07. The summed E-state index contributed by atoms with van der Waals surface area (Å²) in [4.78, 5) is 2.52. The number of nitrogens with zero attached hydrogens (tertiary/aromatic N) is 2. The standard InChI is InChI=1S/C18H24N2O/c1-21-17-5-4-15(13-19)12-16(17)14-20-10-8-18(9-11-20)6-2-3-7-18/h4-5,12H,2-3,6-11,14H2,1H3. The predicted octanol–water partition coefficient (Wildman–Crippen LogP) is 3.72. The van der Waals surface area contributed by atoms with Gasteiger partial charge in [-0.3, -0.25) is 4.90 Å². The van der Waals surface area contributed by atoms with Crippen LogP contribution >= 0.6 is 0 Å². The SMILES string of the molecule is COc1ccc(C#N)cc1CN1CCC2(CCCC2)CC1. The molecule has 0 amide bonds. The van der Waals surface area contributed by atoms with Crippen molar-refractivity contribution in [2.45, 2.75) is 45.1 Å². The van der Waals surface area contributed by atoms with Crippen molar-refractivity contribution in [3.63, 3.8) is 0 Å². The van der Waals surface area contributed by atoms with Gasteiger partial charge in [0, 0.05) is 12.1 Å². The van der Waals surface area contributed by atoms with Crippen molar-refractivity contribution in [3.05, 3.63) is 29.3 Å². The largest absolute Gasteiger partial charge is 0.496 e. The lowest BCUT2D eigenvalue weighted by molar-refractivity contribution is 0.103. The average Bonchev–Trinajstić information content (AvgIpc) is 2.98. The smallest absolute Gasteiger partial charge is 0.123 e. The number of ether oxygens (including phenoxy) is 1. The monoisotopic (exact) mass is 284 g/mol. The Morgan fingerprint density at radius 3 is 2.52 bits per heavy atom. The topological polar surface area (TPSA) is 36.3 Å². The summed E-state index contributed by atoms with van der Waals surface area (Å²) in [6, 6.07) is 7.93. The Morgan fingerprint density at radius 1 is 1.19 bits per heavy atom. The second kappa shape index (κ2) is 6.07. The first-order chi connectivity index (χ1) is 10.2. The summed E-state index contributed by atoms with van der Waals surface area (Å²) in [6.07, 6.45) is 8.42. The van der Waals surface area contributed by atoms with Crippen LogP contribution in [0.2, 0.25) is 0 Å². The van der Waals surface area contributed by atoms with E-state index in [2.05, 4.69) is 11.0 Å². The molecule has 1 heterocycles. The molecule has 3 nitrogen and oxygen atoms in total. The zero-order valence-corrected chi connectivity index (χ0v) is 12.9. The third kappa shape index (κ3) is 3.06. The maximum atomic E-state index is 9.07. The van der Waals surface area contributed by atoms with Crippen LogP contribution in [0.5, 0.6) is 5.75 Å². The molecule has 1 saturated heterocycles. The Morgan fingerprint density at radius 2 is 1.90 bits per heavy atom. The molecule has 2 aliphatic rings. The van der Waals surface area contributed by atoms with Gasteiger partial charge in [-0.1, -0.05) is 12.8 Å². The van der Waals surface area contributed by atoms with Crippen molar-refractivity contribution in [2.75, 3.05) is 20.2 Å². The summed E-state index contributed by atoms with van der Waals surface area (Å²) in [6.45, 7) is 3.26. The van der Waals surface area contributed by atoms with Crippen molar-refractivity contribution in [1.29, 1.82) is 5.26 Å². The van der Waals surface area contributed by atoms with Crippen LogP contribution in [-0.2, 0) is 6.54 Å². The molecule has 0 aromatic heterocycles. The maximum absolute atomic E-state index is 9.07. The van der Waals surface area contributed by atoms with Crippen LogP contribution in [0.3, 0.4) is 0 Å². The zero-order chi connectivity index (χ0) is 14.7. The van der Waals surface area contributed by atoms with E-state index in [1.54, 1.807) is 7.11 Å². The maximum Gasteiger partial charge on any atom is 0.123 e. The Labute approximate surface area is 127 Å². The first-order valence-corrected chi connectivity index (χ1v) is 8.04. The van der Waals surface area contributed by atoms with Crippen molar-refractivity contribution in [2.24, 2.45) is 5.41 Å². The third-order valence-electron chi connectivity index (χ3n) is 5.38. The van der Waals surface area contributed by atoms with Gasteiger partial charge in [0.25, 0.3) is 0 Å². The third-order valence-corrected chi connectivity index (χ3v) is 5.38. The van der Waals surface area contributed by atoms with Gasteiger partial charge >= 0.3 is 0 Å². The number of methoxy groups -OCH3 is 1. The Kier molecular flexibility index (Phi) is 4.17. The minimum absolute atomic E-state index is 0.662. The molecule has 0 unspecified atom stereocenters. The van der Waals surface area contributed by atoms with Crippen molar-refractivity contribution in [3.8, 4) is 11.8 Å². The van der Waals surface area contributed by atoms with Gasteiger partial charge in [-0.15, -0.1) is 0 Å². The second-order valence-corrected chi connectivity index (χ2v) is 6.62. The summed E-state index contributed by atoms with van der Waals surface area (Å²) in [7, 11) is 1.70. The lowest BCUT2D eigenvalue weighted by Crippen LogP contribution is -2.38. The van der Waals surface area contributed by atoms with E-state index >= 15 is 0 Å². The second-order valence-electron chi connectivity index (χ2n) is 6.62. The fourth-order valence-electron chi connectivity index (χ4n) is 4.02. The summed E-state index contributed by atoms with van der Waals surface area (Å²) in [5.41, 5.74) is 2.52. The molecule has 3 rings (SSSR count). The molecular weight excluding hydrogens is 260 g/mol. The van der Waals surface area contributed by atoms with Gasteiger partial charge in [-0.05, 0) is 62.4 Å². The molecule has 0 atom stereocenters. The Bertz CT molecular complexity index is 531. The molecule has 3 heteroatoms. The number of hydrogen-bond donors (Lipinski definition) is 0. The van der Waals surface area contributed by atoms with Crippen LogP contribution in [0.25, 0.3) is 0 Å². The van der Waals surface area contributed by atoms with Gasteiger partial charge in [-0.25, -0.2) is 0 Å². The molecule has 0 N–H and O–H groups in total. The normalized spacial score (nSPS) is 21.3. The minimum atomic E-state index is 0.662. The van der Waals surface area contributed by atoms with Crippen LogP contribution in [0.4, 0.5) is 0 Å². The van der Waals surface area contributed by atoms with E-state index < -0.39 is 0 Å². The quantitative estimate of drug-likeness (QED) is 0.848. The molecule has 1 aromatic rings. The van der Waals surface area contributed by atoms with Crippen LogP contribution in [-0.4, -0.2) is 25.1 Å². The highest BCUT2D eigenvalue weighted by molar-refractivity contribution is 5.42. The number of hydrogen-bond acceptors (Lipinski definition) is 3. The molecular formula is C18H24N2O. The van der Waals surface area contributed by atoms with E-state index in [1.807, 2.05) is 18.2 Å². The lowest BCUT2D eigenvalue weighted by atomic mass is 9.77. The highest BCUT2D eigenvalue weighted by atomic mass is 16.5. The highest BCUT2D eigenvalue weighted by Crippen LogP contribution is 2.46. The van der Waals surface area contributed by atoms with Crippen LogP contribution < -0.4 is 4.74 Å². The van der Waals surface area contributed by atoms with Crippen molar-refractivity contribution in [1.82, 2.24) is 4.90 Å². The van der Waals surface area contributed by atoms with Crippen molar-refractivity contribution >= 4 is 0 Å². The molecule has 21 heavy (non-hydrogen) atoms. The molecule has 1 spiro atoms. The van der Waals surface area contributed by atoms with E-state index in [0.717, 1.165) is 23.4 Å².